The summed E-state index contributed by atoms with van der Waals surface area (Å²) in [6.07, 6.45) is 0.282. The van der Waals surface area contributed by atoms with Crippen LogP contribution >= 0.6 is 0 Å². The molecule has 8 nitrogen and oxygen atoms in total. The summed E-state index contributed by atoms with van der Waals surface area (Å²) < 4.78 is 9.37. The highest BCUT2D eigenvalue weighted by molar-refractivity contribution is 6.03. The Morgan fingerprint density at radius 2 is 1.64 bits per heavy atom. The van der Waals surface area contributed by atoms with E-state index in [9.17, 15) is 24.6 Å². The average molecular weight is 387 g/mol. The lowest BCUT2D eigenvalue weighted by atomic mass is 9.99. The molecule has 0 bridgehead atoms. The predicted octanol–water partition coefficient (Wildman–Crippen LogP) is 2.49. The molecule has 0 aliphatic carbocycles. The van der Waals surface area contributed by atoms with Crippen molar-refractivity contribution in [1.82, 2.24) is 0 Å². The minimum absolute atomic E-state index is 0.0954. The summed E-state index contributed by atoms with van der Waals surface area (Å²) in [6, 6.07) is 8.42. The largest absolute Gasteiger partial charge is 0.504 e. The first-order valence-electron chi connectivity index (χ1n) is 8.39. The molecule has 148 valence electrons. The molecule has 0 aliphatic rings. The van der Waals surface area contributed by atoms with E-state index in [1.165, 1.54) is 44.6 Å². The van der Waals surface area contributed by atoms with E-state index in [2.05, 4.69) is 10.1 Å². The maximum absolute atomic E-state index is 12.6. The fraction of sp³-hybridized carbons (Fsp3) is 0.250. The van der Waals surface area contributed by atoms with E-state index < -0.39 is 23.8 Å². The number of carbonyl (C=O) groups is 3. The molecule has 0 spiro atoms. The van der Waals surface area contributed by atoms with Crippen LogP contribution in [0.4, 0.5) is 5.69 Å². The molecule has 0 heterocycles. The van der Waals surface area contributed by atoms with Crippen molar-refractivity contribution in [3.8, 4) is 11.5 Å². The number of ether oxygens (including phenoxy) is 2. The average Bonchev–Trinajstić information content (AvgIpc) is 2.69. The highest BCUT2D eigenvalue weighted by Crippen LogP contribution is 2.26. The van der Waals surface area contributed by atoms with Gasteiger partial charge in [-0.3, -0.25) is 4.79 Å². The quantitative estimate of drug-likeness (QED) is 0.514. The van der Waals surface area contributed by atoms with Crippen LogP contribution in [0.15, 0.2) is 36.4 Å². The molecule has 0 saturated heterocycles. The second-order valence-electron chi connectivity index (χ2n) is 6.16. The summed E-state index contributed by atoms with van der Waals surface area (Å²) in [6.45, 7) is 1.67. The minimum Gasteiger partial charge on any atom is -0.504 e. The number of anilines is 1. The summed E-state index contributed by atoms with van der Waals surface area (Å²) in [5.41, 5.74) is 1.04. The van der Waals surface area contributed by atoms with Crippen LogP contribution < -0.4 is 5.32 Å². The van der Waals surface area contributed by atoms with Crippen LogP contribution in [-0.4, -0.2) is 42.3 Å². The van der Waals surface area contributed by atoms with Gasteiger partial charge in [-0.15, -0.1) is 0 Å². The molecule has 1 amide bonds. The van der Waals surface area contributed by atoms with Gasteiger partial charge in [-0.25, -0.2) is 9.59 Å². The van der Waals surface area contributed by atoms with Crippen LogP contribution in [0.25, 0.3) is 0 Å². The third-order valence-electron chi connectivity index (χ3n) is 4.13. The number of hydrogen-bond acceptors (Lipinski definition) is 7. The standard InChI is InChI=1S/C20H21NO7/c1-11(8-12-4-7-16(22)17(23)9-12)18(24)21-15-10-13(19(25)27-2)5-6-14(15)20(26)28-3/h4-7,9-11,22-23H,8H2,1-3H3,(H,21,24). The number of benzene rings is 2. The highest BCUT2D eigenvalue weighted by atomic mass is 16.5. The zero-order chi connectivity index (χ0) is 20.8. The van der Waals surface area contributed by atoms with Crippen LogP contribution in [0.2, 0.25) is 0 Å². The maximum Gasteiger partial charge on any atom is 0.339 e. The van der Waals surface area contributed by atoms with Gasteiger partial charge in [-0.1, -0.05) is 13.0 Å². The molecule has 0 radical (unpaired) electrons. The van der Waals surface area contributed by atoms with Gasteiger partial charge in [0.05, 0.1) is 31.0 Å². The Kier molecular flexibility index (Phi) is 6.59. The zero-order valence-corrected chi connectivity index (χ0v) is 15.7. The molecule has 28 heavy (non-hydrogen) atoms. The zero-order valence-electron chi connectivity index (χ0n) is 15.7. The molecule has 2 aromatic rings. The van der Waals surface area contributed by atoms with Gasteiger partial charge in [0.15, 0.2) is 11.5 Å². The van der Waals surface area contributed by atoms with Crippen molar-refractivity contribution in [1.29, 1.82) is 0 Å². The third-order valence-corrected chi connectivity index (χ3v) is 4.13. The van der Waals surface area contributed by atoms with Crippen molar-refractivity contribution in [3.05, 3.63) is 53.1 Å². The Balaban J connectivity index is 2.23. The lowest BCUT2D eigenvalue weighted by molar-refractivity contribution is -0.119. The van der Waals surface area contributed by atoms with E-state index in [0.29, 0.717) is 5.56 Å². The second-order valence-corrected chi connectivity index (χ2v) is 6.16. The first-order chi connectivity index (χ1) is 13.3. The highest BCUT2D eigenvalue weighted by Gasteiger charge is 2.20. The molecule has 0 aliphatic heterocycles. The van der Waals surface area contributed by atoms with Gasteiger partial charge in [-0.05, 0) is 42.3 Å². The van der Waals surface area contributed by atoms with Crippen molar-refractivity contribution in [2.24, 2.45) is 5.92 Å². The van der Waals surface area contributed by atoms with E-state index in [0.717, 1.165) is 0 Å². The Bertz CT molecular complexity index is 907. The Labute approximate surface area is 161 Å². The van der Waals surface area contributed by atoms with Crippen molar-refractivity contribution in [2.45, 2.75) is 13.3 Å². The van der Waals surface area contributed by atoms with Crippen molar-refractivity contribution in [3.63, 3.8) is 0 Å². The van der Waals surface area contributed by atoms with E-state index in [1.54, 1.807) is 13.0 Å². The van der Waals surface area contributed by atoms with Gasteiger partial charge in [0.25, 0.3) is 0 Å². The third kappa shape index (κ3) is 4.79. The van der Waals surface area contributed by atoms with Gasteiger partial charge in [-0.2, -0.15) is 0 Å². The molecule has 0 saturated carbocycles. The van der Waals surface area contributed by atoms with Crippen molar-refractivity contribution in [2.75, 3.05) is 19.5 Å². The molecule has 1 atom stereocenters. The lowest BCUT2D eigenvalue weighted by Crippen LogP contribution is -2.24. The summed E-state index contributed by atoms with van der Waals surface area (Å²) in [4.78, 5) is 36.3. The van der Waals surface area contributed by atoms with Crippen LogP contribution in [0.5, 0.6) is 11.5 Å². The molecular weight excluding hydrogens is 366 g/mol. The molecule has 0 aromatic heterocycles. The Hall–Kier alpha value is -3.55. The second kappa shape index (κ2) is 8.90. The smallest absolute Gasteiger partial charge is 0.339 e. The number of carbonyl (C=O) groups excluding carboxylic acids is 3. The van der Waals surface area contributed by atoms with Gasteiger partial charge in [0, 0.05) is 5.92 Å². The summed E-state index contributed by atoms with van der Waals surface area (Å²) in [7, 11) is 2.44. The topological polar surface area (TPSA) is 122 Å². The van der Waals surface area contributed by atoms with E-state index in [4.69, 9.17) is 4.74 Å². The SMILES string of the molecule is COC(=O)c1ccc(C(=O)OC)c(NC(=O)C(C)Cc2ccc(O)c(O)c2)c1. The molecule has 1 unspecified atom stereocenters. The van der Waals surface area contributed by atoms with Gasteiger partial charge in [0.2, 0.25) is 5.91 Å². The predicted molar refractivity (Wildman–Crippen MR) is 100 cm³/mol. The number of aromatic hydroxyl groups is 2. The van der Waals surface area contributed by atoms with Gasteiger partial charge >= 0.3 is 11.9 Å². The van der Waals surface area contributed by atoms with E-state index >= 15 is 0 Å². The number of phenolic OH excluding ortho intramolecular Hbond substituents is 2. The number of esters is 2. The number of amides is 1. The number of nitrogens with one attached hydrogen (secondary N) is 1. The molecule has 2 rings (SSSR count). The van der Waals surface area contributed by atoms with E-state index in [-0.39, 0.29) is 34.7 Å². The first-order valence-corrected chi connectivity index (χ1v) is 8.39. The minimum atomic E-state index is -0.664. The van der Waals surface area contributed by atoms with Crippen molar-refractivity contribution < 1.29 is 34.1 Å². The number of hydrogen-bond donors (Lipinski definition) is 3. The summed E-state index contributed by atoms with van der Waals surface area (Å²) in [5.74, 6) is -2.73. The molecule has 0 fully saturated rings. The lowest BCUT2D eigenvalue weighted by Gasteiger charge is -2.15. The molecule has 8 heteroatoms. The van der Waals surface area contributed by atoms with Crippen LogP contribution in [-0.2, 0) is 20.7 Å². The van der Waals surface area contributed by atoms with Crippen molar-refractivity contribution >= 4 is 23.5 Å². The molecule has 3 N–H and O–H groups in total. The van der Waals surface area contributed by atoms with Crippen LogP contribution in [0.1, 0.15) is 33.2 Å². The maximum atomic E-state index is 12.6. The number of phenols is 2. The Morgan fingerprint density at radius 1 is 0.964 bits per heavy atom. The molecule has 2 aromatic carbocycles. The van der Waals surface area contributed by atoms with Crippen LogP contribution in [0, 0.1) is 5.92 Å². The van der Waals surface area contributed by atoms with Gasteiger partial charge < -0.3 is 25.0 Å². The van der Waals surface area contributed by atoms with Crippen LogP contribution in [0.3, 0.4) is 0 Å². The number of methoxy groups -OCH3 is 2. The summed E-state index contributed by atoms with van der Waals surface area (Å²) >= 11 is 0. The number of rotatable bonds is 6. The first kappa shape index (κ1) is 20.8. The molecular formula is C20H21NO7. The van der Waals surface area contributed by atoms with Gasteiger partial charge in [0.1, 0.15) is 0 Å². The Morgan fingerprint density at radius 3 is 2.25 bits per heavy atom. The monoisotopic (exact) mass is 387 g/mol. The fourth-order valence-electron chi connectivity index (χ4n) is 2.58. The fourth-order valence-corrected chi connectivity index (χ4v) is 2.58. The van der Waals surface area contributed by atoms with E-state index in [1.807, 2.05) is 0 Å². The normalized spacial score (nSPS) is 11.4. The summed E-state index contributed by atoms with van der Waals surface area (Å²) in [5, 5.41) is 21.6.